The predicted octanol–water partition coefficient (Wildman–Crippen LogP) is 4.48. The van der Waals surface area contributed by atoms with Crippen LogP contribution in [0.1, 0.15) is 17.3 Å². The summed E-state index contributed by atoms with van der Waals surface area (Å²) in [5.74, 6) is -0.799. The van der Waals surface area contributed by atoms with Crippen LogP contribution in [0.15, 0.2) is 62.3 Å². The lowest BCUT2D eigenvalue weighted by molar-refractivity contribution is -0.159. The van der Waals surface area contributed by atoms with Gasteiger partial charge in [0, 0.05) is 17.6 Å². The first-order chi connectivity index (χ1) is 13.2. The lowest BCUT2D eigenvalue weighted by Crippen LogP contribution is -2.05. The Morgan fingerprint density at radius 3 is 2.29 bits per heavy atom. The number of methoxy groups -OCH3 is 1. The van der Waals surface area contributed by atoms with Gasteiger partial charge in [0.1, 0.15) is 5.75 Å². The van der Waals surface area contributed by atoms with E-state index >= 15 is 0 Å². The second kappa shape index (κ2) is 7.63. The highest BCUT2D eigenvalue weighted by Crippen LogP contribution is 2.28. The SMILES string of the molecule is COc1ccc(S(C)(=O)=Nc2ccc(Cc3noc(C(F)(F)F)n3)cc2)cc1. The quantitative estimate of drug-likeness (QED) is 0.619. The van der Waals surface area contributed by atoms with Gasteiger partial charge in [-0.1, -0.05) is 17.3 Å². The fourth-order valence-electron chi connectivity index (χ4n) is 2.38. The van der Waals surface area contributed by atoms with E-state index in [2.05, 4.69) is 19.0 Å². The van der Waals surface area contributed by atoms with Crippen LogP contribution < -0.4 is 4.74 Å². The third kappa shape index (κ3) is 4.69. The first-order valence-electron chi connectivity index (χ1n) is 8.02. The van der Waals surface area contributed by atoms with Gasteiger partial charge in [0.05, 0.1) is 22.5 Å². The van der Waals surface area contributed by atoms with Crippen molar-refractivity contribution in [1.29, 1.82) is 0 Å². The molecule has 0 spiro atoms. The monoisotopic (exact) mass is 411 g/mol. The minimum atomic E-state index is -4.67. The van der Waals surface area contributed by atoms with E-state index in [1.165, 1.54) is 6.26 Å². The molecule has 2 aromatic carbocycles. The maximum Gasteiger partial charge on any atom is 0.471 e. The van der Waals surface area contributed by atoms with Crippen LogP contribution in [0.5, 0.6) is 5.75 Å². The van der Waals surface area contributed by atoms with Gasteiger partial charge in [-0.3, -0.25) is 0 Å². The third-order valence-corrected chi connectivity index (χ3v) is 5.49. The molecule has 0 N–H and O–H groups in total. The first-order valence-corrected chi connectivity index (χ1v) is 9.95. The van der Waals surface area contributed by atoms with Crippen molar-refractivity contribution in [3.8, 4) is 5.75 Å². The highest BCUT2D eigenvalue weighted by Gasteiger charge is 2.38. The largest absolute Gasteiger partial charge is 0.497 e. The van der Waals surface area contributed by atoms with E-state index in [4.69, 9.17) is 4.74 Å². The minimum Gasteiger partial charge on any atom is -0.497 e. The Morgan fingerprint density at radius 2 is 1.75 bits per heavy atom. The van der Waals surface area contributed by atoms with E-state index in [0.29, 0.717) is 21.9 Å². The number of aromatic nitrogens is 2. The fourth-order valence-corrected chi connectivity index (χ4v) is 3.65. The highest BCUT2D eigenvalue weighted by atomic mass is 32.2. The first kappa shape index (κ1) is 19.9. The molecule has 0 bridgehead atoms. The third-order valence-electron chi connectivity index (χ3n) is 3.79. The Hall–Kier alpha value is -2.88. The Balaban J connectivity index is 1.77. The molecule has 1 heterocycles. The molecule has 28 heavy (non-hydrogen) atoms. The number of benzene rings is 2. The van der Waals surface area contributed by atoms with Gasteiger partial charge < -0.3 is 9.26 Å². The summed E-state index contributed by atoms with van der Waals surface area (Å²) >= 11 is 0. The van der Waals surface area contributed by atoms with Crippen LogP contribution >= 0.6 is 0 Å². The second-order valence-electron chi connectivity index (χ2n) is 5.93. The molecule has 1 aromatic heterocycles. The molecule has 0 radical (unpaired) electrons. The van der Waals surface area contributed by atoms with E-state index in [-0.39, 0.29) is 12.2 Å². The van der Waals surface area contributed by atoms with Crippen molar-refractivity contribution in [2.75, 3.05) is 13.4 Å². The Morgan fingerprint density at radius 1 is 1.11 bits per heavy atom. The zero-order valence-electron chi connectivity index (χ0n) is 14.9. The Labute approximate surface area is 159 Å². The second-order valence-corrected chi connectivity index (χ2v) is 8.19. The molecule has 0 saturated heterocycles. The van der Waals surface area contributed by atoms with Crippen molar-refractivity contribution in [1.82, 2.24) is 10.1 Å². The van der Waals surface area contributed by atoms with Gasteiger partial charge in [0.2, 0.25) is 0 Å². The Bertz CT molecular complexity index is 1070. The van der Waals surface area contributed by atoms with Crippen molar-refractivity contribution < 1.29 is 26.6 Å². The lowest BCUT2D eigenvalue weighted by atomic mass is 10.1. The maximum atomic E-state index is 12.9. The van der Waals surface area contributed by atoms with E-state index < -0.39 is 21.8 Å². The van der Waals surface area contributed by atoms with Crippen LogP contribution in [0.3, 0.4) is 0 Å². The van der Waals surface area contributed by atoms with Gasteiger partial charge in [-0.05, 0) is 42.0 Å². The topological polar surface area (TPSA) is 77.6 Å². The summed E-state index contributed by atoms with van der Waals surface area (Å²) in [7, 11) is -1.12. The molecule has 1 atom stereocenters. The van der Waals surface area contributed by atoms with Crippen molar-refractivity contribution in [2.45, 2.75) is 17.5 Å². The zero-order valence-corrected chi connectivity index (χ0v) is 15.8. The number of rotatable bonds is 5. The highest BCUT2D eigenvalue weighted by molar-refractivity contribution is 7.93. The summed E-state index contributed by atoms with van der Waals surface area (Å²) in [6.45, 7) is 0. The Kier molecular flexibility index (Phi) is 5.41. The van der Waals surface area contributed by atoms with Crippen LogP contribution in [-0.4, -0.2) is 27.7 Å². The zero-order chi connectivity index (χ0) is 20.4. The molecule has 6 nitrogen and oxygen atoms in total. The smallest absolute Gasteiger partial charge is 0.471 e. The molecule has 0 aliphatic carbocycles. The summed E-state index contributed by atoms with van der Waals surface area (Å²) in [6, 6.07) is 13.4. The average molecular weight is 411 g/mol. The normalized spacial score (nSPS) is 13.8. The molecule has 3 aromatic rings. The lowest BCUT2D eigenvalue weighted by Gasteiger charge is -2.06. The summed E-state index contributed by atoms with van der Waals surface area (Å²) in [5, 5.41) is 3.33. The minimum absolute atomic E-state index is 0.0693. The van der Waals surface area contributed by atoms with Crippen molar-refractivity contribution in [3.63, 3.8) is 0 Å². The molecular formula is C18H16F3N3O3S. The van der Waals surface area contributed by atoms with Crippen molar-refractivity contribution in [2.24, 2.45) is 4.36 Å². The molecule has 0 saturated carbocycles. The predicted molar refractivity (Wildman–Crippen MR) is 96.0 cm³/mol. The van der Waals surface area contributed by atoms with Gasteiger partial charge in [0.25, 0.3) is 0 Å². The van der Waals surface area contributed by atoms with E-state index in [0.717, 1.165) is 0 Å². The number of halogens is 3. The number of hydrogen-bond donors (Lipinski definition) is 0. The number of alkyl halides is 3. The van der Waals surface area contributed by atoms with Crippen LogP contribution in [0, 0.1) is 0 Å². The summed E-state index contributed by atoms with van der Waals surface area (Å²) in [4.78, 5) is 3.89. The van der Waals surface area contributed by atoms with Gasteiger partial charge in [-0.25, -0.2) is 4.21 Å². The molecule has 0 fully saturated rings. The van der Waals surface area contributed by atoms with E-state index in [1.54, 1.807) is 55.6 Å². The van der Waals surface area contributed by atoms with Gasteiger partial charge in [-0.2, -0.15) is 22.5 Å². The van der Waals surface area contributed by atoms with E-state index in [9.17, 15) is 17.4 Å². The fraction of sp³-hybridized carbons (Fsp3) is 0.222. The van der Waals surface area contributed by atoms with Crippen LogP contribution in [0.4, 0.5) is 18.9 Å². The number of nitrogens with zero attached hydrogens (tertiary/aromatic N) is 3. The molecule has 3 rings (SSSR count). The van der Waals surface area contributed by atoms with Crippen LogP contribution in [-0.2, 0) is 22.3 Å². The maximum absolute atomic E-state index is 12.9. The molecule has 1 unspecified atom stereocenters. The van der Waals surface area contributed by atoms with Crippen LogP contribution in [0.2, 0.25) is 0 Å². The standard InChI is InChI=1S/C18H16F3N3O3S/c1-26-14-7-9-15(10-8-14)28(2,25)24-13-5-3-12(4-6-13)11-16-22-17(27-23-16)18(19,20)21/h3-10H,11H2,1-2H3. The molecule has 0 amide bonds. The van der Waals surface area contributed by atoms with Crippen molar-refractivity contribution in [3.05, 3.63) is 65.8 Å². The average Bonchev–Trinajstić information content (AvgIpc) is 3.12. The van der Waals surface area contributed by atoms with Gasteiger partial charge in [0.15, 0.2) is 5.82 Å². The number of ether oxygens (including phenoxy) is 1. The van der Waals surface area contributed by atoms with Crippen LogP contribution in [0.25, 0.3) is 0 Å². The molecule has 10 heteroatoms. The van der Waals surface area contributed by atoms with E-state index in [1.807, 2.05) is 0 Å². The molecule has 0 aliphatic heterocycles. The van der Waals surface area contributed by atoms with Gasteiger partial charge in [-0.15, -0.1) is 0 Å². The summed E-state index contributed by atoms with van der Waals surface area (Å²) in [5.41, 5.74) is 1.15. The molecule has 0 aliphatic rings. The summed E-state index contributed by atoms with van der Waals surface area (Å²) < 4.78 is 63.9. The molecular weight excluding hydrogens is 395 g/mol. The number of hydrogen-bond acceptors (Lipinski definition) is 6. The van der Waals surface area contributed by atoms with Crippen molar-refractivity contribution >= 4 is 15.4 Å². The van der Waals surface area contributed by atoms with Gasteiger partial charge >= 0.3 is 12.1 Å². The molecule has 148 valence electrons. The summed E-state index contributed by atoms with van der Waals surface area (Å²) in [6.07, 6.45) is -3.07.